The Labute approximate surface area is 47.4 Å². The quantitative estimate of drug-likeness (QED) is 0.526. The lowest BCUT2D eigenvalue weighted by atomic mass is 12.0. The summed E-state index contributed by atoms with van der Waals surface area (Å²) in [4.78, 5) is 0. The van der Waals surface area contributed by atoms with Gasteiger partial charge in [0.2, 0.25) is 0 Å². The summed E-state index contributed by atoms with van der Waals surface area (Å²) in [6.07, 6.45) is 2.64. The lowest BCUT2D eigenvalue weighted by Crippen LogP contribution is -1.95. The van der Waals surface area contributed by atoms with E-state index in [9.17, 15) is 8.42 Å². The predicted octanol–water partition coefficient (Wildman–Crippen LogP) is -0.410. The highest BCUT2D eigenvalue weighted by atomic mass is 32.3. The number of hydrogen-bond donors (Lipinski definition) is 0. The maximum Gasteiger partial charge on any atom is 0.166 e. The van der Waals surface area contributed by atoms with Crippen molar-refractivity contribution in [2.24, 2.45) is 0 Å². The first kappa shape index (κ1) is 7.26. The van der Waals surface area contributed by atoms with Crippen molar-refractivity contribution in [3.8, 4) is 0 Å². The molecular formula is C2H6O3S2. The van der Waals surface area contributed by atoms with Crippen LogP contribution in [0, 0.1) is 0 Å². The lowest BCUT2D eigenvalue weighted by molar-refractivity contribution is 0.574. The van der Waals surface area contributed by atoms with Crippen molar-refractivity contribution >= 4 is 22.2 Å². The molecule has 3 nitrogen and oxygen atoms in total. The van der Waals surface area contributed by atoms with E-state index in [1.165, 1.54) is 12.5 Å². The van der Waals surface area contributed by atoms with Gasteiger partial charge in [0.05, 0.1) is 0 Å². The van der Waals surface area contributed by atoms with Crippen LogP contribution in [0.4, 0.5) is 0 Å². The SMILES string of the molecule is CS(=O)OS(C)=O. The Kier molecular flexibility index (Phi) is 3.41. The van der Waals surface area contributed by atoms with E-state index < -0.39 is 22.2 Å². The molecule has 0 N–H and O–H groups in total. The molecule has 0 bridgehead atoms. The Balaban J connectivity index is 3.32. The molecule has 0 atom stereocenters. The Morgan fingerprint density at radius 1 is 1.14 bits per heavy atom. The second kappa shape index (κ2) is 3.29. The molecule has 0 aromatic heterocycles. The Morgan fingerprint density at radius 3 is 1.43 bits per heavy atom. The molecule has 44 valence electrons. The average Bonchev–Trinajstić information content (AvgIpc) is 1.27. The van der Waals surface area contributed by atoms with E-state index in [0.29, 0.717) is 0 Å². The van der Waals surface area contributed by atoms with E-state index >= 15 is 0 Å². The zero-order valence-electron chi connectivity index (χ0n) is 4.04. The zero-order chi connectivity index (χ0) is 5.86. The number of hydrogen-bond acceptors (Lipinski definition) is 3. The minimum atomic E-state index is -1.40. The van der Waals surface area contributed by atoms with Crippen molar-refractivity contribution in [3.05, 3.63) is 0 Å². The highest BCUT2D eigenvalue weighted by molar-refractivity contribution is 7.92. The first-order valence-electron chi connectivity index (χ1n) is 1.48. The molecule has 0 aliphatic heterocycles. The number of rotatable bonds is 2. The summed E-state index contributed by atoms with van der Waals surface area (Å²) in [5.41, 5.74) is 0. The molecule has 0 aromatic carbocycles. The minimum Gasteiger partial charge on any atom is -0.229 e. The molecule has 0 saturated carbocycles. The maximum atomic E-state index is 9.95. The van der Waals surface area contributed by atoms with Crippen LogP contribution in [0.1, 0.15) is 0 Å². The van der Waals surface area contributed by atoms with Crippen molar-refractivity contribution in [1.29, 1.82) is 0 Å². The van der Waals surface area contributed by atoms with E-state index in [2.05, 4.69) is 3.63 Å². The van der Waals surface area contributed by atoms with Gasteiger partial charge in [-0.25, -0.2) is 8.42 Å². The summed E-state index contributed by atoms with van der Waals surface area (Å²) in [7, 11) is 0. The van der Waals surface area contributed by atoms with Crippen LogP contribution < -0.4 is 0 Å². The molecule has 0 heterocycles. The molecular weight excluding hydrogens is 136 g/mol. The highest BCUT2D eigenvalue weighted by Gasteiger charge is 1.90. The predicted molar refractivity (Wildman–Crippen MR) is 29.2 cm³/mol. The molecule has 0 spiro atoms. The summed E-state index contributed by atoms with van der Waals surface area (Å²) in [5.74, 6) is 0. The van der Waals surface area contributed by atoms with Crippen molar-refractivity contribution in [1.82, 2.24) is 0 Å². The molecule has 0 radical (unpaired) electrons. The van der Waals surface area contributed by atoms with Gasteiger partial charge >= 0.3 is 0 Å². The van der Waals surface area contributed by atoms with Crippen LogP contribution in [0.15, 0.2) is 0 Å². The van der Waals surface area contributed by atoms with Gasteiger partial charge in [-0.2, -0.15) is 3.63 Å². The smallest absolute Gasteiger partial charge is 0.166 e. The molecule has 0 fully saturated rings. The summed E-state index contributed by atoms with van der Waals surface area (Å²) in [6, 6.07) is 0. The first-order valence-corrected chi connectivity index (χ1v) is 4.45. The fraction of sp³-hybridized carbons (Fsp3) is 1.00. The first-order chi connectivity index (χ1) is 3.13. The monoisotopic (exact) mass is 142 g/mol. The summed E-state index contributed by atoms with van der Waals surface area (Å²) in [5, 5.41) is 0. The van der Waals surface area contributed by atoms with Crippen LogP contribution in [0.25, 0.3) is 0 Å². The average molecular weight is 142 g/mol. The second-order valence-electron chi connectivity index (χ2n) is 0.871. The van der Waals surface area contributed by atoms with Crippen molar-refractivity contribution in [2.45, 2.75) is 0 Å². The fourth-order valence-corrected chi connectivity index (χ4v) is 1.21. The lowest BCUT2D eigenvalue weighted by Gasteiger charge is -1.86. The van der Waals surface area contributed by atoms with E-state index in [0.717, 1.165) is 0 Å². The van der Waals surface area contributed by atoms with Gasteiger partial charge < -0.3 is 0 Å². The summed E-state index contributed by atoms with van der Waals surface area (Å²) < 4.78 is 24.1. The fourth-order valence-electron chi connectivity index (χ4n) is 0.135. The van der Waals surface area contributed by atoms with Gasteiger partial charge in [0.1, 0.15) is 0 Å². The van der Waals surface area contributed by atoms with E-state index in [1.807, 2.05) is 0 Å². The highest BCUT2D eigenvalue weighted by Crippen LogP contribution is 1.80. The molecule has 5 heteroatoms. The van der Waals surface area contributed by atoms with Crippen LogP contribution in [0.5, 0.6) is 0 Å². The third kappa shape index (κ3) is 6.26. The third-order valence-electron chi connectivity index (χ3n) is 0.192. The Hall–Kier alpha value is 0.260. The van der Waals surface area contributed by atoms with Crippen LogP contribution in [0.3, 0.4) is 0 Å². The normalized spacial score (nSPS) is 18.6. The molecule has 0 unspecified atom stereocenters. The molecule has 0 aliphatic rings. The van der Waals surface area contributed by atoms with Gasteiger partial charge in [-0.3, -0.25) is 0 Å². The van der Waals surface area contributed by atoms with Crippen LogP contribution >= 0.6 is 0 Å². The Bertz CT molecular complexity index is 87.1. The summed E-state index contributed by atoms with van der Waals surface area (Å²) in [6.45, 7) is 0. The summed E-state index contributed by atoms with van der Waals surface area (Å²) >= 11 is -2.79. The van der Waals surface area contributed by atoms with Gasteiger partial charge in [0.15, 0.2) is 22.2 Å². The molecule has 7 heavy (non-hydrogen) atoms. The van der Waals surface area contributed by atoms with Crippen molar-refractivity contribution in [3.63, 3.8) is 0 Å². The van der Waals surface area contributed by atoms with E-state index in [1.54, 1.807) is 0 Å². The van der Waals surface area contributed by atoms with E-state index in [-0.39, 0.29) is 0 Å². The largest absolute Gasteiger partial charge is 0.229 e. The van der Waals surface area contributed by atoms with Crippen LogP contribution in [0.2, 0.25) is 0 Å². The molecule has 0 amide bonds. The van der Waals surface area contributed by atoms with Gasteiger partial charge in [-0.1, -0.05) is 0 Å². The Morgan fingerprint density at radius 2 is 1.43 bits per heavy atom. The molecule has 0 aliphatic carbocycles. The second-order valence-corrected chi connectivity index (χ2v) is 3.02. The topological polar surface area (TPSA) is 43.4 Å². The van der Waals surface area contributed by atoms with E-state index in [4.69, 9.17) is 0 Å². The molecule has 0 rings (SSSR count). The molecule has 0 saturated heterocycles. The minimum absolute atomic E-state index is 1.32. The van der Waals surface area contributed by atoms with Crippen molar-refractivity contribution < 1.29 is 12.0 Å². The van der Waals surface area contributed by atoms with Gasteiger partial charge in [-0.05, 0) is 0 Å². The van der Waals surface area contributed by atoms with Crippen LogP contribution in [-0.4, -0.2) is 20.9 Å². The standard InChI is InChI=1S/C2H6O3S2/c1-6(3)5-7(2)4/h1-2H3. The zero-order valence-corrected chi connectivity index (χ0v) is 5.67. The van der Waals surface area contributed by atoms with Crippen LogP contribution in [-0.2, 0) is 25.8 Å². The third-order valence-corrected chi connectivity index (χ3v) is 1.72. The van der Waals surface area contributed by atoms with Gasteiger partial charge in [0, 0.05) is 12.5 Å². The maximum absolute atomic E-state index is 9.95. The van der Waals surface area contributed by atoms with Gasteiger partial charge in [0.25, 0.3) is 0 Å². The van der Waals surface area contributed by atoms with Crippen molar-refractivity contribution in [2.75, 3.05) is 12.5 Å². The molecule has 0 aromatic rings. The van der Waals surface area contributed by atoms with Gasteiger partial charge in [-0.15, -0.1) is 0 Å².